The molecule has 1 unspecified atom stereocenters. The lowest BCUT2D eigenvalue weighted by molar-refractivity contribution is -0.140. The van der Waals surface area contributed by atoms with E-state index < -0.39 is 29.3 Å². The lowest BCUT2D eigenvalue weighted by atomic mass is 9.94. The van der Waals surface area contributed by atoms with Crippen molar-refractivity contribution in [1.82, 2.24) is 4.90 Å². The minimum absolute atomic E-state index is 0.0523. The van der Waals surface area contributed by atoms with Gasteiger partial charge < -0.3 is 19.3 Å². The van der Waals surface area contributed by atoms with Gasteiger partial charge in [-0.25, -0.2) is 4.39 Å². The Morgan fingerprint density at radius 1 is 1.12 bits per heavy atom. The maximum atomic E-state index is 14.2. The highest BCUT2D eigenvalue weighted by atomic mass is 19.1. The number of rotatable bonds is 5. The van der Waals surface area contributed by atoms with Crippen molar-refractivity contribution in [3.05, 3.63) is 94.7 Å². The summed E-state index contributed by atoms with van der Waals surface area (Å²) in [6, 6.07) is 14.1. The Labute approximate surface area is 185 Å². The van der Waals surface area contributed by atoms with Crippen LogP contribution < -0.4 is 4.90 Å². The highest BCUT2D eigenvalue weighted by Crippen LogP contribution is 2.40. The van der Waals surface area contributed by atoms with Crippen LogP contribution in [0.2, 0.25) is 0 Å². The number of carbonyl (C=O) groups excluding carboxylic acids is 2. The van der Waals surface area contributed by atoms with Crippen LogP contribution in [0.5, 0.6) is 0 Å². The minimum atomic E-state index is -0.847. The lowest BCUT2D eigenvalue weighted by Gasteiger charge is -2.25. The molecule has 0 saturated carbocycles. The van der Waals surface area contributed by atoms with E-state index in [1.165, 1.54) is 23.3 Å². The van der Waals surface area contributed by atoms with Crippen LogP contribution in [0.4, 0.5) is 10.1 Å². The van der Waals surface area contributed by atoms with E-state index in [1.807, 2.05) is 43.3 Å². The third-order valence-electron chi connectivity index (χ3n) is 5.62. The first kappa shape index (κ1) is 21.4. The molecule has 3 aromatic rings. The fraction of sp³-hybridized carbons (Fsp3) is 0.200. The standard InChI is InChI=1S/C25H23FN2O4/c1-15-6-7-17(13-20(15)26)23(29)21-22(16-8-10-18(11-9-16)27(2)3)28(25(31)24(21)30)14-19-5-4-12-32-19/h4-13,22,29H,14H2,1-3H3/b23-21+. The predicted octanol–water partition coefficient (Wildman–Crippen LogP) is 4.42. The second-order valence-electron chi connectivity index (χ2n) is 7.96. The van der Waals surface area contributed by atoms with E-state index in [0.717, 1.165) is 11.8 Å². The maximum Gasteiger partial charge on any atom is 0.296 e. The molecule has 6 nitrogen and oxygen atoms in total. The molecule has 0 aliphatic carbocycles. The Balaban J connectivity index is 1.86. The van der Waals surface area contributed by atoms with Gasteiger partial charge in [-0.3, -0.25) is 9.59 Å². The van der Waals surface area contributed by atoms with Gasteiger partial charge >= 0.3 is 0 Å². The topological polar surface area (TPSA) is 74.0 Å². The van der Waals surface area contributed by atoms with Crippen LogP contribution in [0.25, 0.3) is 5.76 Å². The summed E-state index contributed by atoms with van der Waals surface area (Å²) >= 11 is 0. The van der Waals surface area contributed by atoms with Crippen molar-refractivity contribution in [2.45, 2.75) is 19.5 Å². The summed E-state index contributed by atoms with van der Waals surface area (Å²) in [5.41, 5.74) is 2.06. The Morgan fingerprint density at radius 3 is 2.44 bits per heavy atom. The largest absolute Gasteiger partial charge is 0.507 e. The van der Waals surface area contributed by atoms with Crippen molar-refractivity contribution in [2.24, 2.45) is 0 Å². The summed E-state index contributed by atoms with van der Waals surface area (Å²) in [4.78, 5) is 29.3. The van der Waals surface area contributed by atoms with Crippen LogP contribution in [0, 0.1) is 12.7 Å². The van der Waals surface area contributed by atoms with E-state index in [9.17, 15) is 19.1 Å². The summed E-state index contributed by atoms with van der Waals surface area (Å²) in [6.45, 7) is 1.66. The van der Waals surface area contributed by atoms with Gasteiger partial charge in [0.15, 0.2) is 0 Å². The Morgan fingerprint density at radius 2 is 1.84 bits per heavy atom. The molecule has 164 valence electrons. The summed E-state index contributed by atoms with van der Waals surface area (Å²) in [5.74, 6) is -1.99. The van der Waals surface area contributed by atoms with Crippen LogP contribution in [0.3, 0.4) is 0 Å². The van der Waals surface area contributed by atoms with Gasteiger partial charge in [-0.2, -0.15) is 0 Å². The molecule has 1 aliphatic rings. The molecule has 7 heteroatoms. The number of likely N-dealkylation sites (tertiary alicyclic amines) is 1. The molecule has 1 saturated heterocycles. The van der Waals surface area contributed by atoms with Crippen LogP contribution in [-0.2, 0) is 16.1 Å². The highest BCUT2D eigenvalue weighted by Gasteiger charge is 2.46. The molecule has 1 aromatic heterocycles. The number of hydrogen-bond donors (Lipinski definition) is 1. The monoisotopic (exact) mass is 434 g/mol. The maximum absolute atomic E-state index is 14.2. The fourth-order valence-corrected chi connectivity index (χ4v) is 3.81. The molecular formula is C25H23FN2O4. The molecule has 1 amide bonds. The number of benzene rings is 2. The molecule has 0 radical (unpaired) electrons. The van der Waals surface area contributed by atoms with E-state index in [0.29, 0.717) is 16.9 Å². The number of aliphatic hydroxyl groups is 1. The predicted molar refractivity (Wildman–Crippen MR) is 118 cm³/mol. The van der Waals surface area contributed by atoms with Crippen LogP contribution in [0.1, 0.15) is 28.5 Å². The van der Waals surface area contributed by atoms with E-state index >= 15 is 0 Å². The number of anilines is 1. The van der Waals surface area contributed by atoms with E-state index in [4.69, 9.17) is 4.42 Å². The fourth-order valence-electron chi connectivity index (χ4n) is 3.81. The average molecular weight is 434 g/mol. The Hall–Kier alpha value is -3.87. The summed E-state index contributed by atoms with van der Waals surface area (Å²) in [7, 11) is 3.81. The third kappa shape index (κ3) is 3.77. The second-order valence-corrected chi connectivity index (χ2v) is 7.96. The van der Waals surface area contributed by atoms with Gasteiger partial charge in [-0.05, 0) is 48.4 Å². The minimum Gasteiger partial charge on any atom is -0.507 e. The quantitative estimate of drug-likeness (QED) is 0.366. The summed E-state index contributed by atoms with van der Waals surface area (Å²) in [5, 5.41) is 11.0. The number of Topliss-reactive ketones (excluding diaryl/α,β-unsaturated/α-hetero) is 1. The number of carbonyl (C=O) groups is 2. The van der Waals surface area contributed by atoms with Gasteiger partial charge in [-0.1, -0.05) is 24.3 Å². The Bertz CT molecular complexity index is 1200. The number of ketones is 1. The molecule has 1 fully saturated rings. The van der Waals surface area contributed by atoms with Crippen molar-refractivity contribution >= 4 is 23.1 Å². The molecule has 0 bridgehead atoms. The first-order chi connectivity index (χ1) is 15.3. The number of halogens is 1. The van der Waals surface area contributed by atoms with Crippen molar-refractivity contribution in [1.29, 1.82) is 0 Å². The summed E-state index contributed by atoms with van der Waals surface area (Å²) in [6.07, 6.45) is 1.49. The number of hydrogen-bond acceptors (Lipinski definition) is 5. The van der Waals surface area contributed by atoms with Gasteiger partial charge in [0.05, 0.1) is 24.4 Å². The number of aliphatic hydroxyl groups excluding tert-OH is 1. The van der Waals surface area contributed by atoms with Crippen molar-refractivity contribution in [2.75, 3.05) is 19.0 Å². The third-order valence-corrected chi connectivity index (χ3v) is 5.62. The molecular weight excluding hydrogens is 411 g/mol. The van der Waals surface area contributed by atoms with E-state index in [-0.39, 0.29) is 17.7 Å². The van der Waals surface area contributed by atoms with Crippen LogP contribution in [0.15, 0.2) is 70.9 Å². The number of aryl methyl sites for hydroxylation is 1. The molecule has 0 spiro atoms. The molecule has 4 rings (SSSR count). The lowest BCUT2D eigenvalue weighted by Crippen LogP contribution is -2.29. The number of amides is 1. The SMILES string of the molecule is Cc1ccc(/C(O)=C2\C(=O)C(=O)N(Cc3ccco3)C2c2ccc(N(C)C)cc2)cc1F. The zero-order valence-electron chi connectivity index (χ0n) is 18.0. The van der Waals surface area contributed by atoms with Crippen molar-refractivity contribution < 1.29 is 23.5 Å². The highest BCUT2D eigenvalue weighted by molar-refractivity contribution is 6.46. The van der Waals surface area contributed by atoms with Gasteiger partial charge in [0.2, 0.25) is 0 Å². The summed E-state index contributed by atoms with van der Waals surface area (Å²) < 4.78 is 19.5. The second kappa shape index (κ2) is 8.34. The molecule has 2 aromatic carbocycles. The van der Waals surface area contributed by atoms with Crippen molar-refractivity contribution in [3.8, 4) is 0 Å². The van der Waals surface area contributed by atoms with Gasteiger partial charge in [0.25, 0.3) is 11.7 Å². The number of nitrogens with zero attached hydrogens (tertiary/aromatic N) is 2. The van der Waals surface area contributed by atoms with E-state index in [1.54, 1.807) is 19.1 Å². The first-order valence-corrected chi connectivity index (χ1v) is 10.1. The molecule has 1 aliphatic heterocycles. The van der Waals surface area contributed by atoms with Crippen LogP contribution >= 0.6 is 0 Å². The van der Waals surface area contributed by atoms with Gasteiger partial charge in [-0.15, -0.1) is 0 Å². The van der Waals surface area contributed by atoms with Gasteiger partial charge in [0, 0.05) is 25.3 Å². The zero-order valence-corrected chi connectivity index (χ0v) is 18.0. The molecule has 32 heavy (non-hydrogen) atoms. The van der Waals surface area contributed by atoms with Crippen molar-refractivity contribution in [3.63, 3.8) is 0 Å². The molecule has 2 heterocycles. The smallest absolute Gasteiger partial charge is 0.296 e. The number of furan rings is 1. The normalized spacial score (nSPS) is 17.8. The molecule has 1 N–H and O–H groups in total. The molecule has 1 atom stereocenters. The average Bonchev–Trinajstić information content (AvgIpc) is 3.37. The van der Waals surface area contributed by atoms with Gasteiger partial charge in [0.1, 0.15) is 17.3 Å². The van der Waals surface area contributed by atoms with Crippen LogP contribution in [-0.4, -0.2) is 35.8 Å². The zero-order chi connectivity index (χ0) is 23.0. The first-order valence-electron chi connectivity index (χ1n) is 10.1. The van der Waals surface area contributed by atoms with E-state index in [2.05, 4.69) is 0 Å². The Kier molecular flexibility index (Phi) is 5.57.